The molecule has 0 bridgehead atoms. The molecule has 5 heteroatoms. The molecule has 0 fully saturated rings. The number of aliphatic hydroxyl groups is 2. The van der Waals surface area contributed by atoms with Crippen LogP contribution < -0.4 is 0 Å². The highest BCUT2D eigenvalue weighted by Gasteiger charge is 2.22. The zero-order valence-corrected chi connectivity index (χ0v) is 7.48. The number of halogens is 1. The molecular formula is C9H9FN2O2. The summed E-state index contributed by atoms with van der Waals surface area (Å²) < 4.78 is 13.1. The van der Waals surface area contributed by atoms with Crippen LogP contribution in [0.3, 0.4) is 0 Å². The van der Waals surface area contributed by atoms with Gasteiger partial charge in [-0.15, -0.1) is 0 Å². The van der Waals surface area contributed by atoms with Crippen LogP contribution >= 0.6 is 0 Å². The van der Waals surface area contributed by atoms with E-state index in [1.165, 1.54) is 12.1 Å². The summed E-state index contributed by atoms with van der Waals surface area (Å²) in [6.07, 6.45) is -3.28. The van der Waals surface area contributed by atoms with Crippen LogP contribution in [0.15, 0.2) is 12.1 Å². The van der Waals surface area contributed by atoms with Crippen molar-refractivity contribution in [3.63, 3.8) is 0 Å². The van der Waals surface area contributed by atoms with Gasteiger partial charge in [-0.05, 0) is 19.1 Å². The Hall–Kier alpha value is -1.51. The normalized spacial score (nSPS) is 14.5. The van der Waals surface area contributed by atoms with E-state index >= 15 is 0 Å². The molecule has 0 aromatic carbocycles. The van der Waals surface area contributed by atoms with Crippen molar-refractivity contribution < 1.29 is 14.6 Å². The fourth-order valence-electron chi connectivity index (χ4n) is 0.987. The van der Waals surface area contributed by atoms with Crippen LogP contribution in [0.1, 0.15) is 17.5 Å². The number of hydrogen-bond acceptors (Lipinski definition) is 4. The first kappa shape index (κ1) is 10.6. The van der Waals surface area contributed by atoms with E-state index in [1.807, 2.05) is 0 Å². The molecule has 0 saturated heterocycles. The third-order valence-electron chi connectivity index (χ3n) is 1.72. The summed E-state index contributed by atoms with van der Waals surface area (Å²) in [5.74, 6) is -0.739. The van der Waals surface area contributed by atoms with Gasteiger partial charge in [0.2, 0.25) is 0 Å². The molecule has 0 radical (unpaired) electrons. The Morgan fingerprint density at radius 2 is 2.14 bits per heavy atom. The van der Waals surface area contributed by atoms with Gasteiger partial charge in [-0.25, -0.2) is 4.39 Å². The average Bonchev–Trinajstić information content (AvgIpc) is 2.19. The minimum absolute atomic E-state index is 0.306. The minimum atomic E-state index is -1.67. The molecule has 1 rings (SSSR count). The first-order valence-corrected chi connectivity index (χ1v) is 3.95. The topological polar surface area (TPSA) is 77.1 Å². The van der Waals surface area contributed by atoms with Crippen LogP contribution in [0.25, 0.3) is 0 Å². The van der Waals surface area contributed by atoms with Crippen molar-refractivity contribution in [3.8, 4) is 6.07 Å². The molecule has 2 atom stereocenters. The zero-order valence-electron chi connectivity index (χ0n) is 7.48. The quantitative estimate of drug-likeness (QED) is 0.673. The van der Waals surface area contributed by atoms with E-state index in [0.29, 0.717) is 5.69 Å². The highest BCUT2D eigenvalue weighted by Crippen LogP contribution is 2.17. The first-order valence-electron chi connectivity index (χ1n) is 3.95. The highest BCUT2D eigenvalue weighted by atomic mass is 19.1. The van der Waals surface area contributed by atoms with Gasteiger partial charge >= 0.3 is 0 Å². The lowest BCUT2D eigenvalue weighted by molar-refractivity contribution is 0.0470. The molecule has 1 heterocycles. The van der Waals surface area contributed by atoms with Crippen LogP contribution in [-0.4, -0.2) is 21.3 Å². The van der Waals surface area contributed by atoms with Crippen molar-refractivity contribution in [1.29, 1.82) is 5.26 Å². The summed E-state index contributed by atoms with van der Waals surface area (Å²) in [5.41, 5.74) is 0.199. The van der Waals surface area contributed by atoms with E-state index in [0.717, 1.165) is 6.07 Å². The van der Waals surface area contributed by atoms with Crippen LogP contribution in [0.4, 0.5) is 4.39 Å². The lowest BCUT2D eigenvalue weighted by Crippen LogP contribution is -2.18. The molecule has 0 aliphatic rings. The number of rotatable bonds is 2. The van der Waals surface area contributed by atoms with E-state index in [9.17, 15) is 9.50 Å². The molecule has 74 valence electrons. The van der Waals surface area contributed by atoms with E-state index < -0.39 is 18.0 Å². The molecule has 4 nitrogen and oxygen atoms in total. The van der Waals surface area contributed by atoms with Crippen LogP contribution in [0.2, 0.25) is 0 Å². The van der Waals surface area contributed by atoms with Gasteiger partial charge in [0.25, 0.3) is 0 Å². The Kier molecular flexibility index (Phi) is 3.12. The summed E-state index contributed by atoms with van der Waals surface area (Å²) in [6.45, 7) is 1.62. The first-order chi connectivity index (χ1) is 6.56. The van der Waals surface area contributed by atoms with Gasteiger partial charge < -0.3 is 10.2 Å². The summed E-state index contributed by atoms with van der Waals surface area (Å²) in [6, 6.07) is 3.97. The van der Waals surface area contributed by atoms with Gasteiger partial charge in [-0.1, -0.05) is 0 Å². The van der Waals surface area contributed by atoms with Gasteiger partial charge in [0, 0.05) is 5.69 Å². The monoisotopic (exact) mass is 196 g/mol. The van der Waals surface area contributed by atoms with E-state index in [-0.39, 0.29) is 5.69 Å². The molecule has 0 saturated carbocycles. The molecule has 1 aromatic rings. The fraction of sp³-hybridized carbons (Fsp3) is 0.333. The largest absolute Gasteiger partial charge is 0.383 e. The molecule has 2 unspecified atom stereocenters. The smallest absolute Gasteiger partial charge is 0.172 e. The Morgan fingerprint density at radius 1 is 1.50 bits per heavy atom. The molecule has 0 aliphatic carbocycles. The average molecular weight is 196 g/mol. The molecule has 14 heavy (non-hydrogen) atoms. The van der Waals surface area contributed by atoms with Crippen molar-refractivity contribution in [2.45, 2.75) is 19.1 Å². The number of aliphatic hydroxyl groups excluding tert-OH is 2. The minimum Gasteiger partial charge on any atom is -0.383 e. The molecule has 0 aliphatic heterocycles. The summed E-state index contributed by atoms with van der Waals surface area (Å²) in [7, 11) is 0. The summed E-state index contributed by atoms with van der Waals surface area (Å²) in [4.78, 5) is 3.71. The van der Waals surface area contributed by atoms with Crippen molar-refractivity contribution in [3.05, 3.63) is 29.3 Å². The molecule has 2 N–H and O–H groups in total. The Morgan fingerprint density at radius 3 is 2.71 bits per heavy atom. The Balaban J connectivity index is 3.07. The van der Waals surface area contributed by atoms with Crippen molar-refractivity contribution >= 4 is 0 Å². The zero-order chi connectivity index (χ0) is 10.7. The number of aromatic nitrogens is 1. The molecule has 0 spiro atoms. The summed E-state index contributed by atoms with van der Waals surface area (Å²) >= 11 is 0. The SMILES string of the molecule is Cc1ccc(F)c(C(O)C(O)C#N)n1. The van der Waals surface area contributed by atoms with Crippen LogP contribution in [0.5, 0.6) is 0 Å². The van der Waals surface area contributed by atoms with E-state index in [2.05, 4.69) is 4.98 Å². The Bertz CT molecular complexity index is 376. The molecular weight excluding hydrogens is 187 g/mol. The van der Waals surface area contributed by atoms with Gasteiger partial charge in [-0.3, -0.25) is 4.98 Å². The number of nitriles is 1. The van der Waals surface area contributed by atoms with Gasteiger partial charge in [0.1, 0.15) is 17.6 Å². The second-order valence-corrected chi connectivity index (χ2v) is 2.84. The standard InChI is InChI=1S/C9H9FN2O2/c1-5-2-3-6(10)8(12-5)9(14)7(13)4-11/h2-3,7,9,13-14H,1H3. The second kappa shape index (κ2) is 4.13. The second-order valence-electron chi connectivity index (χ2n) is 2.84. The number of aryl methyl sites for hydroxylation is 1. The third-order valence-corrected chi connectivity index (χ3v) is 1.72. The van der Waals surface area contributed by atoms with E-state index in [1.54, 1.807) is 6.92 Å². The van der Waals surface area contributed by atoms with E-state index in [4.69, 9.17) is 10.4 Å². The maximum atomic E-state index is 13.1. The fourth-order valence-corrected chi connectivity index (χ4v) is 0.987. The van der Waals surface area contributed by atoms with Gasteiger partial charge in [-0.2, -0.15) is 5.26 Å². The molecule has 0 amide bonds. The predicted molar refractivity (Wildman–Crippen MR) is 45.5 cm³/mol. The Labute approximate surface area is 80.3 Å². The third kappa shape index (κ3) is 2.05. The van der Waals surface area contributed by atoms with Gasteiger partial charge in [0.15, 0.2) is 6.10 Å². The highest BCUT2D eigenvalue weighted by molar-refractivity contribution is 5.17. The maximum absolute atomic E-state index is 13.1. The number of hydrogen-bond donors (Lipinski definition) is 2. The van der Waals surface area contributed by atoms with Crippen LogP contribution in [0, 0.1) is 24.1 Å². The maximum Gasteiger partial charge on any atom is 0.172 e. The number of nitrogens with zero attached hydrogens (tertiary/aromatic N) is 2. The predicted octanol–water partition coefficient (Wildman–Crippen LogP) is 0.447. The lowest BCUT2D eigenvalue weighted by atomic mass is 10.1. The lowest BCUT2D eigenvalue weighted by Gasteiger charge is -2.11. The molecule has 1 aromatic heterocycles. The van der Waals surface area contributed by atoms with Crippen molar-refractivity contribution in [2.24, 2.45) is 0 Å². The number of pyridine rings is 1. The van der Waals surface area contributed by atoms with Crippen molar-refractivity contribution in [2.75, 3.05) is 0 Å². The van der Waals surface area contributed by atoms with Crippen LogP contribution in [-0.2, 0) is 0 Å². The van der Waals surface area contributed by atoms with Gasteiger partial charge in [0.05, 0.1) is 6.07 Å². The van der Waals surface area contributed by atoms with Crippen molar-refractivity contribution in [1.82, 2.24) is 4.98 Å². The summed E-state index contributed by atoms with van der Waals surface area (Å²) in [5, 5.41) is 26.6.